The fourth-order valence-corrected chi connectivity index (χ4v) is 1.71. The molecular formula is C12H15NaO5S. The Morgan fingerprint density at radius 3 is 2.11 bits per heavy atom. The Bertz CT molecular complexity index is 543. The van der Waals surface area contributed by atoms with Gasteiger partial charge < -0.3 is 6.53 Å². The zero-order chi connectivity index (χ0) is 14.2. The zero-order valence-electron chi connectivity index (χ0n) is 11.6. The van der Waals surface area contributed by atoms with Crippen molar-refractivity contribution in [2.45, 2.75) is 11.3 Å². The molecule has 2 N–H and O–H groups in total. The predicted molar refractivity (Wildman–Crippen MR) is 69.9 cm³/mol. The molecule has 0 atom stereocenters. The fourth-order valence-electron chi connectivity index (χ4n) is 1.01. The first kappa shape index (κ1) is 20.4. The third-order valence-corrected chi connectivity index (χ3v) is 2.66. The maximum atomic E-state index is 10.7. The van der Waals surface area contributed by atoms with Crippen LogP contribution in [0.3, 0.4) is 0 Å². The van der Waals surface area contributed by atoms with Gasteiger partial charge in [-0.25, -0.2) is 0 Å². The van der Waals surface area contributed by atoms with Crippen LogP contribution >= 0.6 is 0 Å². The molecule has 7 heteroatoms. The molecule has 100 valence electrons. The molecule has 0 aliphatic carbocycles. The molecule has 0 saturated carbocycles. The molecule has 1 aromatic carbocycles. The molecule has 0 aliphatic rings. The Kier molecular flexibility index (Phi) is 10.7. The van der Waals surface area contributed by atoms with Gasteiger partial charge in [-0.2, -0.15) is 8.42 Å². The minimum Gasteiger partial charge on any atom is -1.00 e. The van der Waals surface area contributed by atoms with Crippen LogP contribution in [0, 0.1) is 0 Å². The number of rotatable bonds is 4. The summed E-state index contributed by atoms with van der Waals surface area (Å²) in [5.74, 6) is -0.829. The van der Waals surface area contributed by atoms with Gasteiger partial charge in [-0.1, -0.05) is 36.9 Å². The van der Waals surface area contributed by atoms with E-state index >= 15 is 0 Å². The molecule has 0 aliphatic heterocycles. The first-order valence-corrected chi connectivity index (χ1v) is 6.28. The number of carboxylic acid groups (broad SMARTS) is 1. The smallest absolute Gasteiger partial charge is 1.00 e. The Morgan fingerprint density at radius 2 is 1.84 bits per heavy atom. The van der Waals surface area contributed by atoms with Crippen molar-refractivity contribution in [1.82, 2.24) is 0 Å². The molecule has 0 saturated heterocycles. The number of carbonyl (C=O) groups is 1. The molecule has 0 unspecified atom stereocenters. The summed E-state index contributed by atoms with van der Waals surface area (Å²) in [6, 6.07) is 6.10. The van der Waals surface area contributed by atoms with Crippen LogP contribution in [-0.4, -0.2) is 24.0 Å². The van der Waals surface area contributed by atoms with Crippen molar-refractivity contribution in [3.63, 3.8) is 0 Å². The molecule has 0 fully saturated rings. The van der Waals surface area contributed by atoms with Crippen molar-refractivity contribution in [2.75, 3.05) is 0 Å². The van der Waals surface area contributed by atoms with E-state index in [-0.39, 0.29) is 42.3 Å². The molecule has 19 heavy (non-hydrogen) atoms. The van der Waals surface area contributed by atoms with Gasteiger partial charge in [0.15, 0.2) is 0 Å². The number of benzene rings is 1. The monoisotopic (exact) mass is 294 g/mol. The van der Waals surface area contributed by atoms with E-state index in [2.05, 4.69) is 13.2 Å². The van der Waals surface area contributed by atoms with E-state index < -0.39 is 16.1 Å². The summed E-state index contributed by atoms with van der Waals surface area (Å²) in [7, 11) is -4.12. The normalized spacial score (nSPS) is 9.32. The quantitative estimate of drug-likeness (QED) is 0.437. The summed E-state index contributed by atoms with van der Waals surface area (Å²) < 4.78 is 30.2. The second-order valence-electron chi connectivity index (χ2n) is 3.10. The van der Waals surface area contributed by atoms with Crippen LogP contribution in [0.15, 0.2) is 48.4 Å². The SMILES string of the molecule is C=CCC(=O)O.C=Cc1ccccc1S(=O)(=O)O.[H-].[Na+]. The van der Waals surface area contributed by atoms with E-state index in [1.165, 1.54) is 24.3 Å². The topological polar surface area (TPSA) is 91.7 Å². The van der Waals surface area contributed by atoms with Gasteiger partial charge in [0, 0.05) is 0 Å². The zero-order valence-corrected chi connectivity index (χ0v) is 13.4. The van der Waals surface area contributed by atoms with Crippen LogP contribution in [0.1, 0.15) is 13.4 Å². The largest absolute Gasteiger partial charge is 1.00 e. The summed E-state index contributed by atoms with van der Waals surface area (Å²) in [6.07, 6.45) is 2.78. The third kappa shape index (κ3) is 8.74. The number of carboxylic acids is 1. The molecule has 0 spiro atoms. The molecule has 1 aromatic rings. The average Bonchev–Trinajstić information content (AvgIpc) is 2.28. The summed E-state index contributed by atoms with van der Waals surface area (Å²) in [4.78, 5) is 9.42. The predicted octanol–water partition coefficient (Wildman–Crippen LogP) is -0.660. The Labute approximate surface area is 136 Å². The van der Waals surface area contributed by atoms with Gasteiger partial charge >= 0.3 is 35.5 Å². The molecule has 0 aromatic heterocycles. The van der Waals surface area contributed by atoms with E-state index in [1.807, 2.05) is 0 Å². The van der Waals surface area contributed by atoms with Crippen molar-refractivity contribution in [1.29, 1.82) is 0 Å². The van der Waals surface area contributed by atoms with E-state index in [1.54, 1.807) is 12.1 Å². The Morgan fingerprint density at radius 1 is 1.32 bits per heavy atom. The van der Waals surface area contributed by atoms with Gasteiger partial charge in [-0.05, 0) is 11.6 Å². The second-order valence-corrected chi connectivity index (χ2v) is 4.49. The van der Waals surface area contributed by atoms with Crippen molar-refractivity contribution in [3.05, 3.63) is 49.1 Å². The second kappa shape index (κ2) is 9.94. The molecule has 5 nitrogen and oxygen atoms in total. The molecule has 0 heterocycles. The molecule has 1 rings (SSSR count). The van der Waals surface area contributed by atoms with E-state index in [0.717, 1.165) is 0 Å². The van der Waals surface area contributed by atoms with Crippen molar-refractivity contribution < 1.29 is 53.9 Å². The van der Waals surface area contributed by atoms with Crippen LogP contribution in [0.2, 0.25) is 0 Å². The number of hydrogen-bond acceptors (Lipinski definition) is 3. The summed E-state index contributed by atoms with van der Waals surface area (Å²) in [6.45, 7) is 6.65. The van der Waals surface area contributed by atoms with Crippen LogP contribution in [0.5, 0.6) is 0 Å². The number of aliphatic carboxylic acids is 1. The molecule has 0 bridgehead atoms. The first-order chi connectivity index (χ1) is 8.32. The summed E-state index contributed by atoms with van der Waals surface area (Å²) >= 11 is 0. The number of hydrogen-bond donors (Lipinski definition) is 2. The average molecular weight is 294 g/mol. The Balaban J connectivity index is -0.000000316. The van der Waals surface area contributed by atoms with Gasteiger partial charge in [0.2, 0.25) is 0 Å². The van der Waals surface area contributed by atoms with Crippen molar-refractivity contribution >= 4 is 22.2 Å². The van der Waals surface area contributed by atoms with E-state index in [0.29, 0.717) is 5.56 Å². The van der Waals surface area contributed by atoms with Crippen LogP contribution < -0.4 is 29.6 Å². The maximum Gasteiger partial charge on any atom is 1.00 e. The standard InChI is InChI=1S/C8H8O3S.C4H6O2.Na.H/c1-2-7-5-3-4-6-8(7)12(9,10)11;1-2-3-4(5)6;;/h2-6H,1H2,(H,9,10,11);2H,1,3H2,(H,5,6);;/q;;+1;-1. The van der Waals surface area contributed by atoms with Gasteiger partial charge in [0.05, 0.1) is 6.42 Å². The van der Waals surface area contributed by atoms with Crippen molar-refractivity contribution in [2.24, 2.45) is 0 Å². The fraction of sp³-hybridized carbons (Fsp3) is 0.0833. The minimum absolute atomic E-state index is 0. The van der Waals surface area contributed by atoms with E-state index in [4.69, 9.17) is 9.66 Å². The van der Waals surface area contributed by atoms with Gasteiger partial charge in [-0.3, -0.25) is 9.35 Å². The minimum atomic E-state index is -4.12. The van der Waals surface area contributed by atoms with Crippen LogP contribution in [-0.2, 0) is 14.9 Å². The van der Waals surface area contributed by atoms with Gasteiger partial charge in [0.1, 0.15) is 4.90 Å². The van der Waals surface area contributed by atoms with Crippen LogP contribution in [0.4, 0.5) is 0 Å². The van der Waals surface area contributed by atoms with Gasteiger partial charge in [0.25, 0.3) is 10.1 Å². The summed E-state index contributed by atoms with van der Waals surface area (Å²) in [5, 5.41) is 7.84. The maximum absolute atomic E-state index is 10.7. The first-order valence-electron chi connectivity index (χ1n) is 4.84. The third-order valence-electron chi connectivity index (χ3n) is 1.74. The molecular weight excluding hydrogens is 279 g/mol. The van der Waals surface area contributed by atoms with Gasteiger partial charge in [-0.15, -0.1) is 6.58 Å². The molecule has 0 amide bonds. The van der Waals surface area contributed by atoms with Crippen molar-refractivity contribution in [3.8, 4) is 0 Å². The van der Waals surface area contributed by atoms with E-state index in [9.17, 15) is 13.2 Å². The van der Waals surface area contributed by atoms with Crippen LogP contribution in [0.25, 0.3) is 6.08 Å². The summed E-state index contributed by atoms with van der Waals surface area (Å²) in [5.41, 5.74) is 0.403. The molecule has 0 radical (unpaired) electrons. The Hall–Kier alpha value is -0.920.